The van der Waals surface area contributed by atoms with E-state index in [1.807, 2.05) is 45.2 Å². The number of pyridine rings is 1. The van der Waals surface area contributed by atoms with Crippen molar-refractivity contribution in [2.45, 2.75) is 33.7 Å². The molecule has 3 rings (SSSR count). The van der Waals surface area contributed by atoms with Crippen LogP contribution in [0.15, 0.2) is 30.6 Å². The van der Waals surface area contributed by atoms with Crippen molar-refractivity contribution in [1.29, 1.82) is 0 Å². The lowest BCUT2D eigenvalue weighted by Gasteiger charge is -2.22. The van der Waals surface area contributed by atoms with Gasteiger partial charge in [0, 0.05) is 18.1 Å². The van der Waals surface area contributed by atoms with E-state index in [2.05, 4.69) is 34.2 Å². The summed E-state index contributed by atoms with van der Waals surface area (Å²) in [5.41, 5.74) is 3.39. The summed E-state index contributed by atoms with van der Waals surface area (Å²) in [7, 11) is 1.83. The van der Waals surface area contributed by atoms with Crippen LogP contribution in [-0.4, -0.2) is 25.7 Å². The monoisotopic (exact) mass is 337 g/mol. The second-order valence-corrected chi connectivity index (χ2v) is 6.72. The van der Waals surface area contributed by atoms with E-state index >= 15 is 0 Å². The molecule has 0 fully saturated rings. The first-order chi connectivity index (χ1) is 11.9. The molecule has 0 spiro atoms. The summed E-state index contributed by atoms with van der Waals surface area (Å²) in [6.07, 6.45) is 1.51. The molecule has 0 aliphatic heterocycles. The van der Waals surface area contributed by atoms with E-state index in [4.69, 9.17) is 0 Å². The summed E-state index contributed by atoms with van der Waals surface area (Å²) >= 11 is 0. The summed E-state index contributed by atoms with van der Waals surface area (Å²) in [5, 5.41) is 8.11. The second kappa shape index (κ2) is 6.63. The molecule has 0 aliphatic carbocycles. The molecule has 1 aromatic carbocycles. The van der Waals surface area contributed by atoms with Crippen molar-refractivity contribution in [3.8, 4) is 0 Å². The topological polar surface area (TPSA) is 72.7 Å². The Balaban J connectivity index is 2.02. The summed E-state index contributed by atoms with van der Waals surface area (Å²) in [4.78, 5) is 21.9. The fourth-order valence-corrected chi connectivity index (χ4v) is 3.04. The number of aromatic nitrogens is 4. The van der Waals surface area contributed by atoms with Crippen molar-refractivity contribution < 1.29 is 4.79 Å². The van der Waals surface area contributed by atoms with Crippen LogP contribution >= 0.6 is 0 Å². The highest BCUT2D eigenvalue weighted by Gasteiger charge is 2.24. The molecular formula is C19H23N5O. The maximum Gasteiger partial charge on any atom is 0.252 e. The number of fused-ring (bicyclic) bond motifs is 1. The van der Waals surface area contributed by atoms with E-state index in [1.165, 1.54) is 6.33 Å². The van der Waals surface area contributed by atoms with Gasteiger partial charge >= 0.3 is 0 Å². The summed E-state index contributed by atoms with van der Waals surface area (Å²) in [5.74, 6) is 0.806. The highest BCUT2D eigenvalue weighted by atomic mass is 16.1. The van der Waals surface area contributed by atoms with Crippen LogP contribution in [0.2, 0.25) is 0 Å². The summed E-state index contributed by atoms with van der Waals surface area (Å²) < 4.78 is 1.70. The number of nitrogens with one attached hydrogen (secondary N) is 1. The minimum absolute atomic E-state index is 0.122. The third-order valence-corrected chi connectivity index (χ3v) is 4.39. The molecule has 1 amide bonds. The van der Waals surface area contributed by atoms with Gasteiger partial charge in [-0.15, -0.1) is 0 Å². The number of carbonyl (C=O) groups is 1. The molecule has 2 aromatic heterocycles. The molecule has 0 saturated heterocycles. The van der Waals surface area contributed by atoms with Gasteiger partial charge in [0.1, 0.15) is 12.2 Å². The molecule has 0 aliphatic rings. The minimum atomic E-state index is -0.215. The van der Waals surface area contributed by atoms with Gasteiger partial charge in [-0.25, -0.2) is 4.98 Å². The first-order valence-electron chi connectivity index (χ1n) is 8.40. The van der Waals surface area contributed by atoms with Crippen molar-refractivity contribution in [2.24, 2.45) is 13.0 Å². The number of para-hydroxylation sites is 1. The quantitative estimate of drug-likeness (QED) is 0.794. The first-order valence-corrected chi connectivity index (χ1v) is 8.40. The van der Waals surface area contributed by atoms with Crippen LogP contribution in [0.4, 0.5) is 0 Å². The lowest BCUT2D eigenvalue weighted by molar-refractivity contribution is 0.0923. The van der Waals surface area contributed by atoms with Gasteiger partial charge in [0.25, 0.3) is 5.91 Å². The SMILES string of the molecule is Cc1cc(C(=O)N[C@@H](c2ncnn2C)C(C)C)c2cccc(C)c2n1. The number of hydrogen-bond acceptors (Lipinski definition) is 4. The zero-order valence-corrected chi connectivity index (χ0v) is 15.2. The van der Waals surface area contributed by atoms with E-state index in [1.54, 1.807) is 4.68 Å². The number of aryl methyl sites for hydroxylation is 3. The average Bonchev–Trinajstić information content (AvgIpc) is 2.98. The largest absolute Gasteiger partial charge is 0.342 e. The van der Waals surface area contributed by atoms with Crippen LogP contribution in [0, 0.1) is 19.8 Å². The van der Waals surface area contributed by atoms with Crippen LogP contribution < -0.4 is 5.32 Å². The molecule has 6 heteroatoms. The van der Waals surface area contributed by atoms with Gasteiger partial charge in [0.15, 0.2) is 0 Å². The van der Waals surface area contributed by atoms with E-state index in [-0.39, 0.29) is 17.9 Å². The number of hydrogen-bond donors (Lipinski definition) is 1. The van der Waals surface area contributed by atoms with E-state index < -0.39 is 0 Å². The molecule has 2 heterocycles. The zero-order chi connectivity index (χ0) is 18.1. The Morgan fingerprint density at radius 1 is 1.24 bits per heavy atom. The molecule has 0 saturated carbocycles. The Hall–Kier alpha value is -2.76. The molecule has 25 heavy (non-hydrogen) atoms. The molecular weight excluding hydrogens is 314 g/mol. The van der Waals surface area contributed by atoms with Crippen LogP contribution in [0.5, 0.6) is 0 Å². The van der Waals surface area contributed by atoms with Crippen LogP contribution in [0.1, 0.15) is 47.3 Å². The Kier molecular flexibility index (Phi) is 4.53. The number of amides is 1. The maximum absolute atomic E-state index is 13.0. The Bertz CT molecular complexity index is 929. The molecule has 1 N–H and O–H groups in total. The Morgan fingerprint density at radius 3 is 2.64 bits per heavy atom. The molecule has 1 atom stereocenters. The highest BCUT2D eigenvalue weighted by Crippen LogP contribution is 2.24. The van der Waals surface area contributed by atoms with Crippen LogP contribution in [-0.2, 0) is 7.05 Å². The van der Waals surface area contributed by atoms with Gasteiger partial charge in [-0.2, -0.15) is 5.10 Å². The van der Waals surface area contributed by atoms with Crippen molar-refractivity contribution in [3.63, 3.8) is 0 Å². The number of rotatable bonds is 4. The summed E-state index contributed by atoms with van der Waals surface area (Å²) in [6, 6.07) is 7.52. The fourth-order valence-electron chi connectivity index (χ4n) is 3.04. The molecule has 3 aromatic rings. The van der Waals surface area contributed by atoms with Crippen LogP contribution in [0.3, 0.4) is 0 Å². The molecule has 0 bridgehead atoms. The average molecular weight is 337 g/mol. The highest BCUT2D eigenvalue weighted by molar-refractivity contribution is 6.06. The fraction of sp³-hybridized carbons (Fsp3) is 0.368. The van der Waals surface area contributed by atoms with Crippen molar-refractivity contribution in [2.75, 3.05) is 0 Å². The number of nitrogens with zero attached hydrogens (tertiary/aromatic N) is 4. The number of benzene rings is 1. The predicted octanol–water partition coefficient (Wildman–Crippen LogP) is 3.11. The Morgan fingerprint density at radius 2 is 2.00 bits per heavy atom. The van der Waals surface area contributed by atoms with Crippen molar-refractivity contribution >= 4 is 16.8 Å². The Labute approximate surface area is 147 Å². The van der Waals surface area contributed by atoms with Gasteiger partial charge in [0.05, 0.1) is 17.1 Å². The molecule has 0 radical (unpaired) electrons. The lowest BCUT2D eigenvalue weighted by Crippen LogP contribution is -2.33. The van der Waals surface area contributed by atoms with E-state index in [9.17, 15) is 4.79 Å². The third-order valence-electron chi connectivity index (χ3n) is 4.39. The molecule has 6 nitrogen and oxygen atoms in total. The molecule has 0 unspecified atom stereocenters. The third kappa shape index (κ3) is 3.24. The number of carbonyl (C=O) groups excluding carboxylic acids is 1. The molecule has 130 valence electrons. The predicted molar refractivity (Wildman–Crippen MR) is 97.3 cm³/mol. The van der Waals surface area contributed by atoms with Gasteiger partial charge in [-0.05, 0) is 31.4 Å². The zero-order valence-electron chi connectivity index (χ0n) is 15.2. The smallest absolute Gasteiger partial charge is 0.252 e. The van der Waals surface area contributed by atoms with Crippen molar-refractivity contribution in [3.05, 3.63) is 53.2 Å². The van der Waals surface area contributed by atoms with Gasteiger partial charge in [-0.1, -0.05) is 32.0 Å². The maximum atomic E-state index is 13.0. The lowest BCUT2D eigenvalue weighted by atomic mass is 10.0. The van der Waals surface area contributed by atoms with Gasteiger partial charge in [-0.3, -0.25) is 14.5 Å². The summed E-state index contributed by atoms with van der Waals surface area (Å²) in [6.45, 7) is 8.03. The standard InChI is InChI=1S/C19H23N5O/c1-11(2)16(18-20-10-21-24(18)5)23-19(25)15-9-13(4)22-17-12(3)7-6-8-14(15)17/h6-11,16H,1-5H3,(H,23,25)/t16-/m1/s1. The van der Waals surface area contributed by atoms with Crippen molar-refractivity contribution in [1.82, 2.24) is 25.1 Å². The van der Waals surface area contributed by atoms with E-state index in [0.717, 1.165) is 28.0 Å². The second-order valence-electron chi connectivity index (χ2n) is 6.72. The van der Waals surface area contributed by atoms with Crippen LogP contribution in [0.25, 0.3) is 10.9 Å². The first kappa shape index (κ1) is 17.1. The van der Waals surface area contributed by atoms with Gasteiger partial charge in [0.2, 0.25) is 0 Å². The normalized spacial score (nSPS) is 12.6. The minimum Gasteiger partial charge on any atom is -0.342 e. The van der Waals surface area contributed by atoms with E-state index in [0.29, 0.717) is 5.56 Å². The van der Waals surface area contributed by atoms with Gasteiger partial charge < -0.3 is 5.32 Å².